The molecule has 1 aliphatic carbocycles. The van der Waals surface area contributed by atoms with Crippen LogP contribution in [0, 0.1) is 5.92 Å². The van der Waals surface area contributed by atoms with Gasteiger partial charge in [0.05, 0.1) is 5.69 Å². The first-order valence-electron chi connectivity index (χ1n) is 5.41. The lowest BCUT2D eigenvalue weighted by Crippen LogP contribution is -2.26. The van der Waals surface area contributed by atoms with Gasteiger partial charge in [-0.3, -0.25) is 5.10 Å². The minimum absolute atomic E-state index is 0.0523. The molecule has 4 heteroatoms. The van der Waals surface area contributed by atoms with Crippen molar-refractivity contribution in [2.24, 2.45) is 5.92 Å². The maximum atomic E-state index is 13.2. The Hall–Kier alpha value is -0.930. The summed E-state index contributed by atoms with van der Waals surface area (Å²) in [6, 6.07) is 0. The van der Waals surface area contributed by atoms with Crippen LogP contribution in [-0.2, 0) is 19.3 Å². The van der Waals surface area contributed by atoms with Gasteiger partial charge in [-0.25, -0.2) is 8.78 Å². The monoisotopic (exact) mass is 214 g/mol. The third kappa shape index (κ3) is 2.19. The van der Waals surface area contributed by atoms with Crippen molar-refractivity contribution < 1.29 is 8.78 Å². The van der Waals surface area contributed by atoms with Crippen LogP contribution in [0.3, 0.4) is 0 Å². The Bertz CT molecular complexity index is 355. The molecule has 0 atom stereocenters. The highest BCUT2D eigenvalue weighted by Crippen LogP contribution is 2.34. The molecule has 0 saturated heterocycles. The summed E-state index contributed by atoms with van der Waals surface area (Å²) in [6.45, 7) is 4.14. The number of hydrogen-bond donors (Lipinski definition) is 1. The minimum atomic E-state index is -2.54. The number of nitrogens with zero attached hydrogens (tertiary/aromatic N) is 1. The van der Waals surface area contributed by atoms with Crippen molar-refractivity contribution in [3.05, 3.63) is 17.0 Å². The Morgan fingerprint density at radius 2 is 2.20 bits per heavy atom. The highest BCUT2D eigenvalue weighted by molar-refractivity contribution is 5.29. The molecule has 2 nitrogen and oxygen atoms in total. The zero-order chi connectivity index (χ0) is 11.1. The van der Waals surface area contributed by atoms with Crippen LogP contribution in [0.5, 0.6) is 0 Å². The van der Waals surface area contributed by atoms with Gasteiger partial charge < -0.3 is 0 Å². The molecule has 1 N–H and O–H groups in total. The van der Waals surface area contributed by atoms with E-state index in [-0.39, 0.29) is 12.8 Å². The lowest BCUT2D eigenvalue weighted by atomic mass is 9.91. The van der Waals surface area contributed by atoms with E-state index < -0.39 is 5.92 Å². The maximum Gasteiger partial charge on any atom is 0.252 e. The van der Waals surface area contributed by atoms with Gasteiger partial charge in [0.25, 0.3) is 5.92 Å². The van der Waals surface area contributed by atoms with Crippen LogP contribution < -0.4 is 0 Å². The number of H-pyrrole nitrogens is 1. The number of hydrogen-bond acceptors (Lipinski definition) is 1. The average molecular weight is 214 g/mol. The van der Waals surface area contributed by atoms with Crippen LogP contribution >= 0.6 is 0 Å². The zero-order valence-electron chi connectivity index (χ0n) is 9.11. The summed E-state index contributed by atoms with van der Waals surface area (Å²) in [5.41, 5.74) is 2.51. The molecular weight excluding hydrogens is 198 g/mol. The Labute approximate surface area is 88.1 Å². The number of nitrogens with one attached hydrogen (secondary N) is 1. The van der Waals surface area contributed by atoms with Gasteiger partial charge in [0.15, 0.2) is 0 Å². The van der Waals surface area contributed by atoms with Gasteiger partial charge in [-0.15, -0.1) is 0 Å². The molecule has 84 valence electrons. The van der Waals surface area contributed by atoms with Crippen LogP contribution in [0.1, 0.15) is 37.2 Å². The molecule has 1 aliphatic rings. The van der Waals surface area contributed by atoms with E-state index in [0.29, 0.717) is 12.3 Å². The number of halogens is 2. The molecule has 0 aliphatic heterocycles. The molecule has 2 rings (SSSR count). The molecule has 0 radical (unpaired) electrons. The molecule has 15 heavy (non-hydrogen) atoms. The number of fused-ring (bicyclic) bond motifs is 1. The molecule has 1 aromatic rings. The number of aryl methyl sites for hydroxylation is 1. The highest BCUT2D eigenvalue weighted by atomic mass is 19.3. The molecule has 0 bridgehead atoms. The van der Waals surface area contributed by atoms with Crippen molar-refractivity contribution in [2.75, 3.05) is 0 Å². The minimum Gasteiger partial charge on any atom is -0.282 e. The second kappa shape index (κ2) is 3.58. The van der Waals surface area contributed by atoms with Gasteiger partial charge in [0, 0.05) is 24.1 Å². The van der Waals surface area contributed by atoms with E-state index in [4.69, 9.17) is 0 Å². The first kappa shape index (κ1) is 10.6. The van der Waals surface area contributed by atoms with Gasteiger partial charge in [0.2, 0.25) is 0 Å². The van der Waals surface area contributed by atoms with E-state index >= 15 is 0 Å². The molecular formula is C11H16F2N2. The van der Waals surface area contributed by atoms with E-state index in [0.717, 1.165) is 23.4 Å². The summed E-state index contributed by atoms with van der Waals surface area (Å²) >= 11 is 0. The van der Waals surface area contributed by atoms with Crippen LogP contribution in [0.25, 0.3) is 0 Å². The Morgan fingerprint density at radius 3 is 2.87 bits per heavy atom. The average Bonchev–Trinajstić information content (AvgIpc) is 2.46. The molecule has 0 unspecified atom stereocenters. The second-order valence-electron chi connectivity index (χ2n) is 4.76. The van der Waals surface area contributed by atoms with Gasteiger partial charge in [-0.05, 0) is 18.8 Å². The maximum absolute atomic E-state index is 13.2. The van der Waals surface area contributed by atoms with Gasteiger partial charge in [-0.1, -0.05) is 13.8 Å². The third-order valence-corrected chi connectivity index (χ3v) is 2.82. The summed E-state index contributed by atoms with van der Waals surface area (Å²) in [6.07, 6.45) is 1.01. The van der Waals surface area contributed by atoms with Crippen molar-refractivity contribution in [3.8, 4) is 0 Å². The van der Waals surface area contributed by atoms with Crippen LogP contribution in [0.15, 0.2) is 0 Å². The number of aromatic amines is 1. The van der Waals surface area contributed by atoms with Crippen LogP contribution in [0.2, 0.25) is 0 Å². The standard InChI is InChI=1S/C11H16F2N2/c1-7(2)5-10-8-6-11(12,13)4-3-9(8)14-15-10/h7H,3-6H2,1-2H3,(H,14,15). The summed E-state index contributed by atoms with van der Waals surface area (Å²) in [5, 5.41) is 7.03. The second-order valence-corrected chi connectivity index (χ2v) is 4.76. The highest BCUT2D eigenvalue weighted by Gasteiger charge is 2.36. The van der Waals surface area contributed by atoms with E-state index in [9.17, 15) is 8.78 Å². The number of aromatic nitrogens is 2. The Morgan fingerprint density at radius 1 is 1.47 bits per heavy atom. The summed E-state index contributed by atoms with van der Waals surface area (Å²) in [4.78, 5) is 0. The molecule has 0 amide bonds. The van der Waals surface area contributed by atoms with Crippen molar-refractivity contribution in [1.82, 2.24) is 10.2 Å². The van der Waals surface area contributed by atoms with Gasteiger partial charge >= 0.3 is 0 Å². The third-order valence-electron chi connectivity index (χ3n) is 2.82. The van der Waals surface area contributed by atoms with Crippen molar-refractivity contribution >= 4 is 0 Å². The fourth-order valence-corrected chi connectivity index (χ4v) is 2.07. The van der Waals surface area contributed by atoms with Crippen molar-refractivity contribution in [1.29, 1.82) is 0 Å². The van der Waals surface area contributed by atoms with Crippen molar-refractivity contribution in [3.63, 3.8) is 0 Å². The molecule has 0 saturated carbocycles. The number of alkyl halides is 2. The topological polar surface area (TPSA) is 28.7 Å². The first-order chi connectivity index (χ1) is 6.98. The molecule has 1 aromatic heterocycles. The molecule has 0 aromatic carbocycles. The van der Waals surface area contributed by atoms with E-state index in [1.807, 2.05) is 0 Å². The largest absolute Gasteiger partial charge is 0.282 e. The lowest BCUT2D eigenvalue weighted by Gasteiger charge is -2.22. The zero-order valence-corrected chi connectivity index (χ0v) is 9.11. The van der Waals surface area contributed by atoms with E-state index in [1.54, 1.807) is 0 Å². The lowest BCUT2D eigenvalue weighted by molar-refractivity contribution is -0.0127. The van der Waals surface area contributed by atoms with Crippen molar-refractivity contribution in [2.45, 2.75) is 45.5 Å². The SMILES string of the molecule is CC(C)Cc1n[nH]c2c1CC(F)(F)CC2. The molecule has 1 heterocycles. The molecule has 0 spiro atoms. The smallest absolute Gasteiger partial charge is 0.252 e. The fraction of sp³-hybridized carbons (Fsp3) is 0.727. The Kier molecular flexibility index (Phi) is 2.52. The van der Waals surface area contributed by atoms with Crippen LogP contribution in [-0.4, -0.2) is 16.1 Å². The van der Waals surface area contributed by atoms with E-state index in [2.05, 4.69) is 24.0 Å². The van der Waals surface area contributed by atoms with Gasteiger partial charge in [0.1, 0.15) is 0 Å². The quantitative estimate of drug-likeness (QED) is 0.805. The summed E-state index contributed by atoms with van der Waals surface area (Å²) < 4.78 is 26.5. The summed E-state index contributed by atoms with van der Waals surface area (Å²) in [5.74, 6) is -2.09. The first-order valence-corrected chi connectivity index (χ1v) is 5.41. The predicted octanol–water partition coefficient (Wildman–Crippen LogP) is 2.73. The fourth-order valence-electron chi connectivity index (χ4n) is 2.07. The summed E-state index contributed by atoms with van der Waals surface area (Å²) in [7, 11) is 0. The Balaban J connectivity index is 2.25. The normalized spacial score (nSPS) is 19.3. The number of rotatable bonds is 2. The molecule has 0 fully saturated rings. The predicted molar refractivity (Wildman–Crippen MR) is 54.1 cm³/mol. The van der Waals surface area contributed by atoms with Gasteiger partial charge in [-0.2, -0.15) is 5.10 Å². The van der Waals surface area contributed by atoms with E-state index in [1.165, 1.54) is 0 Å². The van der Waals surface area contributed by atoms with Crippen LogP contribution in [0.4, 0.5) is 8.78 Å².